The Morgan fingerprint density at radius 3 is 1.79 bits per heavy atom. The zero-order valence-corrected chi connectivity index (χ0v) is 16.8. The van der Waals surface area contributed by atoms with Crippen molar-refractivity contribution in [2.45, 2.75) is 57.4 Å². The third-order valence-electron chi connectivity index (χ3n) is 4.66. The topological polar surface area (TPSA) is 51.2 Å². The molecule has 0 bridgehead atoms. The van der Waals surface area contributed by atoms with Crippen molar-refractivity contribution in [3.8, 4) is 0 Å². The Morgan fingerprint density at radius 2 is 1.38 bits per heavy atom. The minimum Gasteiger partial charge on any atom is -0.388 e. The average Bonchev–Trinajstić information content (AvgIpc) is 2.56. The first-order valence-electron chi connectivity index (χ1n) is 9.34. The van der Waals surface area contributed by atoms with Gasteiger partial charge < -0.3 is 19.3 Å². The lowest BCUT2D eigenvalue weighted by atomic mass is 9.88. The smallest absolute Gasteiger partial charge is 0.0805 e. The van der Waals surface area contributed by atoms with E-state index in [9.17, 15) is 5.11 Å². The van der Waals surface area contributed by atoms with Gasteiger partial charge in [0.1, 0.15) is 0 Å². The maximum absolute atomic E-state index is 11.2. The summed E-state index contributed by atoms with van der Waals surface area (Å²) in [6.07, 6.45) is 1.53. The Labute approximate surface area is 152 Å². The van der Waals surface area contributed by atoms with Gasteiger partial charge in [0.05, 0.1) is 45.2 Å². The summed E-state index contributed by atoms with van der Waals surface area (Å²) in [5, 5.41) is 11.7. The molecule has 0 unspecified atom stereocenters. The van der Waals surface area contributed by atoms with Gasteiger partial charge >= 0.3 is 0 Å². The Hall–Kier alpha value is 0.150. The first-order valence-corrected chi connectivity index (χ1v) is 10.4. The van der Waals surface area contributed by atoms with Gasteiger partial charge in [-0.15, -0.1) is 0 Å². The molecule has 1 saturated heterocycles. The maximum atomic E-state index is 11.2. The molecule has 1 rings (SSSR count). The molecular formula is C18H37NO4S. The van der Waals surface area contributed by atoms with Gasteiger partial charge in [0.25, 0.3) is 0 Å². The molecule has 0 aromatic rings. The standard InChI is InChI=1S/C18H37NO4S/c1-5-18(20,6-2)17(15-24-16(3)4)19-7-9-21-11-13-23-14-12-22-10-8-19/h16-17,20H,5-15H2,1-4H3/t17-/m0/s1. The molecule has 144 valence electrons. The molecule has 0 aliphatic carbocycles. The Bertz CT molecular complexity index is 301. The van der Waals surface area contributed by atoms with Crippen molar-refractivity contribution in [1.82, 2.24) is 4.90 Å². The van der Waals surface area contributed by atoms with Crippen molar-refractivity contribution in [3.05, 3.63) is 0 Å². The van der Waals surface area contributed by atoms with Gasteiger partial charge in [0.15, 0.2) is 0 Å². The first kappa shape index (κ1) is 22.2. The second-order valence-corrected chi connectivity index (χ2v) is 8.19. The van der Waals surface area contributed by atoms with Crippen molar-refractivity contribution in [3.63, 3.8) is 0 Å². The molecule has 1 N–H and O–H groups in total. The summed E-state index contributed by atoms with van der Waals surface area (Å²) in [5.74, 6) is 0.930. The Kier molecular flexibility index (Phi) is 11.6. The second kappa shape index (κ2) is 12.5. The Morgan fingerprint density at radius 1 is 0.917 bits per heavy atom. The summed E-state index contributed by atoms with van der Waals surface area (Å²) in [6, 6.07) is 0.117. The van der Waals surface area contributed by atoms with Crippen LogP contribution in [-0.2, 0) is 14.2 Å². The van der Waals surface area contributed by atoms with Crippen LogP contribution in [0.5, 0.6) is 0 Å². The van der Waals surface area contributed by atoms with Crippen molar-refractivity contribution < 1.29 is 19.3 Å². The number of hydrogen-bond donors (Lipinski definition) is 1. The van der Waals surface area contributed by atoms with Gasteiger partial charge in [-0.2, -0.15) is 11.8 Å². The van der Waals surface area contributed by atoms with E-state index in [1.54, 1.807) is 0 Å². The van der Waals surface area contributed by atoms with Gasteiger partial charge in [0, 0.05) is 24.9 Å². The molecule has 1 atom stereocenters. The van der Waals surface area contributed by atoms with E-state index in [-0.39, 0.29) is 6.04 Å². The normalized spacial score (nSPS) is 21.2. The second-order valence-electron chi connectivity index (χ2n) is 6.58. The van der Waals surface area contributed by atoms with Crippen LogP contribution in [0.1, 0.15) is 40.5 Å². The SMILES string of the molecule is CCC(O)(CC)[C@H](CSC(C)C)N1CCOCCOCCOCC1. The molecule has 0 radical (unpaired) electrons. The summed E-state index contributed by atoms with van der Waals surface area (Å²) < 4.78 is 16.8. The number of thioether (sulfide) groups is 1. The highest BCUT2D eigenvalue weighted by Crippen LogP contribution is 2.28. The van der Waals surface area contributed by atoms with Crippen molar-refractivity contribution in [1.29, 1.82) is 0 Å². The largest absolute Gasteiger partial charge is 0.388 e. The van der Waals surface area contributed by atoms with E-state index >= 15 is 0 Å². The molecule has 0 spiro atoms. The van der Waals surface area contributed by atoms with E-state index < -0.39 is 5.60 Å². The maximum Gasteiger partial charge on any atom is 0.0805 e. The van der Waals surface area contributed by atoms with Gasteiger partial charge in [-0.3, -0.25) is 4.90 Å². The summed E-state index contributed by atoms with van der Waals surface area (Å²) in [5.41, 5.74) is -0.665. The van der Waals surface area contributed by atoms with E-state index in [2.05, 4.69) is 32.6 Å². The summed E-state index contributed by atoms with van der Waals surface area (Å²) in [7, 11) is 0. The van der Waals surface area contributed by atoms with Crippen LogP contribution in [0.2, 0.25) is 0 Å². The highest BCUT2D eigenvalue weighted by molar-refractivity contribution is 7.99. The van der Waals surface area contributed by atoms with Crippen molar-refractivity contribution >= 4 is 11.8 Å². The van der Waals surface area contributed by atoms with E-state index in [0.29, 0.717) is 44.9 Å². The van der Waals surface area contributed by atoms with Crippen LogP contribution in [0, 0.1) is 0 Å². The number of hydrogen-bond acceptors (Lipinski definition) is 6. The minimum absolute atomic E-state index is 0.117. The molecular weight excluding hydrogens is 326 g/mol. The van der Waals surface area contributed by atoms with E-state index in [1.807, 2.05) is 11.8 Å². The van der Waals surface area contributed by atoms with Crippen molar-refractivity contribution in [2.75, 3.05) is 58.5 Å². The summed E-state index contributed by atoms with van der Waals surface area (Å²) in [4.78, 5) is 2.37. The molecule has 0 aromatic carbocycles. The molecule has 1 heterocycles. The predicted octanol–water partition coefficient (Wildman–Crippen LogP) is 2.41. The highest BCUT2D eigenvalue weighted by atomic mass is 32.2. The van der Waals surface area contributed by atoms with Gasteiger partial charge in [-0.25, -0.2) is 0 Å². The quantitative estimate of drug-likeness (QED) is 0.750. The molecule has 1 fully saturated rings. The summed E-state index contributed by atoms with van der Waals surface area (Å²) >= 11 is 1.92. The molecule has 5 nitrogen and oxygen atoms in total. The van der Waals surface area contributed by atoms with E-state index in [1.165, 1.54) is 0 Å². The van der Waals surface area contributed by atoms with Crippen LogP contribution >= 0.6 is 11.8 Å². The third-order valence-corrected chi connectivity index (χ3v) is 5.84. The molecule has 6 heteroatoms. The van der Waals surface area contributed by atoms with E-state index in [0.717, 1.165) is 31.7 Å². The van der Waals surface area contributed by atoms with E-state index in [4.69, 9.17) is 14.2 Å². The number of aliphatic hydroxyl groups is 1. The molecule has 1 aliphatic rings. The van der Waals surface area contributed by atoms with Crippen LogP contribution in [0.15, 0.2) is 0 Å². The van der Waals surface area contributed by atoms with Crippen LogP contribution in [0.3, 0.4) is 0 Å². The fourth-order valence-electron chi connectivity index (χ4n) is 2.93. The monoisotopic (exact) mass is 363 g/mol. The molecule has 0 saturated carbocycles. The zero-order valence-electron chi connectivity index (χ0n) is 16.0. The first-order chi connectivity index (χ1) is 11.5. The van der Waals surface area contributed by atoms with Gasteiger partial charge in [0.2, 0.25) is 0 Å². The average molecular weight is 364 g/mol. The number of nitrogens with zero attached hydrogens (tertiary/aromatic N) is 1. The predicted molar refractivity (Wildman–Crippen MR) is 101 cm³/mol. The molecule has 0 amide bonds. The fourth-order valence-corrected chi connectivity index (χ4v) is 4.02. The van der Waals surface area contributed by atoms with Crippen LogP contribution < -0.4 is 0 Å². The van der Waals surface area contributed by atoms with Crippen molar-refractivity contribution in [2.24, 2.45) is 0 Å². The lowest BCUT2D eigenvalue weighted by molar-refractivity contribution is -0.0655. The number of rotatable bonds is 7. The molecule has 1 aliphatic heterocycles. The van der Waals surface area contributed by atoms with Crippen LogP contribution in [0.4, 0.5) is 0 Å². The van der Waals surface area contributed by atoms with Gasteiger partial charge in [-0.1, -0.05) is 27.7 Å². The number of ether oxygens (including phenoxy) is 3. The lowest BCUT2D eigenvalue weighted by Gasteiger charge is -2.42. The molecule has 24 heavy (non-hydrogen) atoms. The van der Waals surface area contributed by atoms with Crippen LogP contribution in [0.25, 0.3) is 0 Å². The lowest BCUT2D eigenvalue weighted by Crippen LogP contribution is -2.55. The third kappa shape index (κ3) is 8.02. The summed E-state index contributed by atoms with van der Waals surface area (Å²) in [6.45, 7) is 14.0. The van der Waals surface area contributed by atoms with Crippen LogP contribution in [-0.4, -0.2) is 85.4 Å². The Balaban J connectivity index is 2.79. The minimum atomic E-state index is -0.665. The highest BCUT2D eigenvalue weighted by Gasteiger charge is 2.37. The fraction of sp³-hybridized carbons (Fsp3) is 1.00. The molecule has 0 aromatic heterocycles. The zero-order chi connectivity index (χ0) is 17.8. The van der Waals surface area contributed by atoms with Gasteiger partial charge in [-0.05, 0) is 18.1 Å².